The van der Waals surface area contributed by atoms with Gasteiger partial charge >= 0.3 is 0 Å². The summed E-state index contributed by atoms with van der Waals surface area (Å²) in [6.45, 7) is 3.74. The van der Waals surface area contributed by atoms with Crippen molar-refractivity contribution >= 4 is 23.0 Å². The highest BCUT2D eigenvalue weighted by atomic mass is 35.5. The quantitative estimate of drug-likeness (QED) is 0.696. The van der Waals surface area contributed by atoms with Gasteiger partial charge in [0.25, 0.3) is 0 Å². The summed E-state index contributed by atoms with van der Waals surface area (Å²) < 4.78 is 1.75. The number of nitrogens with one attached hydrogen (secondary N) is 1. The standard InChI is InChI=1S/C14H11ClN6/c1-9-14(15)10(2)21(20-9)13-5-3-11(4-6-13)18-19-12(7-16)8-17/h3-6,18H,1-2H3. The van der Waals surface area contributed by atoms with Crippen molar-refractivity contribution in [2.24, 2.45) is 5.10 Å². The van der Waals surface area contributed by atoms with Gasteiger partial charge in [-0.15, -0.1) is 0 Å². The van der Waals surface area contributed by atoms with Crippen LogP contribution in [0.3, 0.4) is 0 Å². The third-order valence-corrected chi connectivity index (χ3v) is 3.37. The van der Waals surface area contributed by atoms with E-state index in [1.165, 1.54) is 0 Å². The molecule has 0 amide bonds. The topological polar surface area (TPSA) is 89.8 Å². The molecular weight excluding hydrogens is 288 g/mol. The maximum absolute atomic E-state index is 8.59. The first-order valence-electron chi connectivity index (χ1n) is 6.03. The summed E-state index contributed by atoms with van der Waals surface area (Å²) in [4.78, 5) is 0. The molecule has 104 valence electrons. The number of hydrazone groups is 1. The molecule has 0 unspecified atom stereocenters. The number of hydrogen-bond acceptors (Lipinski definition) is 5. The Bertz CT molecular complexity index is 758. The fraction of sp³-hybridized carbons (Fsp3) is 0.143. The van der Waals surface area contributed by atoms with Gasteiger partial charge in [0.15, 0.2) is 0 Å². The van der Waals surface area contributed by atoms with Gasteiger partial charge in [-0.1, -0.05) is 11.6 Å². The maximum atomic E-state index is 8.59. The highest BCUT2D eigenvalue weighted by molar-refractivity contribution is 6.31. The first-order valence-corrected chi connectivity index (χ1v) is 6.40. The molecule has 21 heavy (non-hydrogen) atoms. The lowest BCUT2D eigenvalue weighted by molar-refractivity contribution is 0.834. The molecule has 2 aromatic rings. The molecule has 0 saturated carbocycles. The lowest BCUT2D eigenvalue weighted by atomic mass is 10.3. The van der Waals surface area contributed by atoms with E-state index in [4.69, 9.17) is 22.1 Å². The van der Waals surface area contributed by atoms with Crippen LogP contribution < -0.4 is 5.43 Å². The summed E-state index contributed by atoms with van der Waals surface area (Å²) in [5.74, 6) is 0. The molecule has 0 aliphatic rings. The normalized spacial score (nSPS) is 9.57. The number of aryl methyl sites for hydroxylation is 1. The van der Waals surface area contributed by atoms with E-state index in [2.05, 4.69) is 15.6 Å². The number of halogens is 1. The molecule has 0 saturated heterocycles. The molecule has 0 atom stereocenters. The molecule has 1 heterocycles. The van der Waals surface area contributed by atoms with Crippen LogP contribution in [0.5, 0.6) is 0 Å². The van der Waals surface area contributed by atoms with Crippen molar-refractivity contribution in [3.63, 3.8) is 0 Å². The van der Waals surface area contributed by atoms with Crippen molar-refractivity contribution in [1.82, 2.24) is 9.78 Å². The van der Waals surface area contributed by atoms with Crippen molar-refractivity contribution in [1.29, 1.82) is 10.5 Å². The van der Waals surface area contributed by atoms with E-state index >= 15 is 0 Å². The van der Waals surface area contributed by atoms with Crippen LogP contribution in [0.4, 0.5) is 5.69 Å². The Morgan fingerprint density at radius 2 is 1.86 bits per heavy atom. The second-order valence-electron chi connectivity index (χ2n) is 4.24. The van der Waals surface area contributed by atoms with Crippen LogP contribution >= 0.6 is 11.6 Å². The monoisotopic (exact) mass is 298 g/mol. The maximum Gasteiger partial charge on any atom is 0.237 e. The van der Waals surface area contributed by atoms with Crippen LogP contribution in [0.2, 0.25) is 5.02 Å². The lowest BCUT2D eigenvalue weighted by Gasteiger charge is -2.05. The number of nitrogens with zero attached hydrogens (tertiary/aromatic N) is 5. The minimum Gasteiger partial charge on any atom is -0.277 e. The number of nitriles is 2. The zero-order chi connectivity index (χ0) is 15.4. The molecule has 0 bridgehead atoms. The minimum absolute atomic E-state index is 0.232. The van der Waals surface area contributed by atoms with Crippen molar-refractivity contribution in [3.05, 3.63) is 40.7 Å². The van der Waals surface area contributed by atoms with Crippen LogP contribution in [-0.2, 0) is 0 Å². The first-order chi connectivity index (χ1) is 10.1. The predicted molar refractivity (Wildman–Crippen MR) is 80.3 cm³/mol. The average molecular weight is 299 g/mol. The Labute approximate surface area is 126 Å². The second kappa shape index (κ2) is 6.08. The fourth-order valence-corrected chi connectivity index (χ4v) is 1.87. The summed E-state index contributed by atoms with van der Waals surface area (Å²) in [6, 6.07) is 10.6. The third kappa shape index (κ3) is 3.02. The van der Waals surface area contributed by atoms with Gasteiger partial charge in [-0.05, 0) is 38.1 Å². The second-order valence-corrected chi connectivity index (χ2v) is 4.62. The summed E-state index contributed by atoms with van der Waals surface area (Å²) in [7, 11) is 0. The van der Waals surface area contributed by atoms with Crippen molar-refractivity contribution in [2.75, 3.05) is 5.43 Å². The first kappa shape index (κ1) is 14.6. The predicted octanol–water partition coefficient (Wildman–Crippen LogP) is 2.96. The van der Waals surface area contributed by atoms with E-state index in [0.29, 0.717) is 10.7 Å². The zero-order valence-electron chi connectivity index (χ0n) is 11.4. The number of hydrogen-bond donors (Lipinski definition) is 1. The highest BCUT2D eigenvalue weighted by Crippen LogP contribution is 2.23. The van der Waals surface area contributed by atoms with Crippen LogP contribution in [-0.4, -0.2) is 15.5 Å². The van der Waals surface area contributed by atoms with Crippen LogP contribution in [0.15, 0.2) is 29.4 Å². The Kier molecular flexibility index (Phi) is 4.22. The summed E-state index contributed by atoms with van der Waals surface area (Å²) >= 11 is 6.12. The van der Waals surface area contributed by atoms with Gasteiger partial charge in [-0.3, -0.25) is 5.43 Å². The lowest BCUT2D eigenvalue weighted by Crippen LogP contribution is -2.00. The van der Waals surface area contributed by atoms with E-state index in [0.717, 1.165) is 17.1 Å². The van der Waals surface area contributed by atoms with Gasteiger partial charge < -0.3 is 0 Å². The molecule has 1 aromatic heterocycles. The van der Waals surface area contributed by atoms with E-state index in [1.807, 2.05) is 26.0 Å². The smallest absolute Gasteiger partial charge is 0.237 e. The zero-order valence-corrected chi connectivity index (χ0v) is 12.2. The Morgan fingerprint density at radius 3 is 2.33 bits per heavy atom. The van der Waals surface area contributed by atoms with E-state index in [9.17, 15) is 0 Å². The SMILES string of the molecule is Cc1nn(-c2ccc(NN=C(C#N)C#N)cc2)c(C)c1Cl. The van der Waals surface area contributed by atoms with Crippen molar-refractivity contribution in [2.45, 2.75) is 13.8 Å². The highest BCUT2D eigenvalue weighted by Gasteiger charge is 2.10. The van der Waals surface area contributed by atoms with Crippen LogP contribution in [0.1, 0.15) is 11.4 Å². The number of anilines is 1. The molecule has 7 heteroatoms. The number of rotatable bonds is 3. The van der Waals surface area contributed by atoms with E-state index < -0.39 is 0 Å². The van der Waals surface area contributed by atoms with Crippen molar-refractivity contribution < 1.29 is 0 Å². The average Bonchev–Trinajstić information content (AvgIpc) is 2.76. The molecule has 0 spiro atoms. The van der Waals surface area contributed by atoms with E-state index in [-0.39, 0.29) is 5.71 Å². The Balaban J connectivity index is 2.24. The Morgan fingerprint density at radius 1 is 1.24 bits per heavy atom. The van der Waals surface area contributed by atoms with Gasteiger partial charge in [0, 0.05) is 0 Å². The molecule has 6 nitrogen and oxygen atoms in total. The molecule has 0 fully saturated rings. The molecule has 0 radical (unpaired) electrons. The van der Waals surface area contributed by atoms with Gasteiger partial charge in [-0.25, -0.2) is 4.68 Å². The molecule has 2 rings (SSSR count). The number of aromatic nitrogens is 2. The molecule has 1 aromatic carbocycles. The van der Waals surface area contributed by atoms with E-state index in [1.54, 1.807) is 29.0 Å². The molecule has 0 aliphatic heterocycles. The Hall–Kier alpha value is -2.83. The molecule has 0 aliphatic carbocycles. The van der Waals surface area contributed by atoms with Crippen molar-refractivity contribution in [3.8, 4) is 17.8 Å². The molecular formula is C14H11ClN6. The van der Waals surface area contributed by atoms with Gasteiger partial charge in [0.05, 0.1) is 27.8 Å². The third-order valence-electron chi connectivity index (χ3n) is 2.82. The minimum atomic E-state index is -0.232. The van der Waals surface area contributed by atoms with Crippen LogP contribution in [0.25, 0.3) is 5.69 Å². The summed E-state index contributed by atoms with van der Waals surface area (Å²) in [5, 5.41) is 25.9. The van der Waals surface area contributed by atoms with Gasteiger partial charge in [0.2, 0.25) is 5.71 Å². The summed E-state index contributed by atoms with van der Waals surface area (Å²) in [5.41, 5.74) is 5.57. The fourth-order valence-electron chi connectivity index (χ4n) is 1.75. The van der Waals surface area contributed by atoms with Gasteiger partial charge in [0.1, 0.15) is 12.1 Å². The van der Waals surface area contributed by atoms with Gasteiger partial charge in [-0.2, -0.15) is 20.7 Å². The number of benzene rings is 1. The van der Waals surface area contributed by atoms with Crippen LogP contribution in [0, 0.1) is 36.5 Å². The largest absolute Gasteiger partial charge is 0.277 e. The summed E-state index contributed by atoms with van der Waals surface area (Å²) in [6.07, 6.45) is 0. The molecule has 1 N–H and O–H groups in total.